The first-order chi connectivity index (χ1) is 7.87. The van der Waals surface area contributed by atoms with E-state index in [0.717, 1.165) is 0 Å². The first-order valence-corrected chi connectivity index (χ1v) is 5.49. The van der Waals surface area contributed by atoms with Gasteiger partial charge in [0.1, 0.15) is 6.10 Å². The number of rotatable bonds is 2. The van der Waals surface area contributed by atoms with Gasteiger partial charge in [-0.2, -0.15) is 0 Å². The van der Waals surface area contributed by atoms with Crippen LogP contribution in [0, 0.1) is 6.92 Å². The number of nitrogens with one attached hydrogen (secondary N) is 1. The zero-order chi connectivity index (χ0) is 12.6. The molecule has 1 fully saturated rings. The number of nitrogens with zero attached hydrogens (tertiary/aromatic N) is 1. The van der Waals surface area contributed by atoms with Gasteiger partial charge in [0.05, 0.1) is 13.2 Å². The van der Waals surface area contributed by atoms with E-state index in [0.29, 0.717) is 18.7 Å². The molecule has 1 atom stereocenters. The third-order valence-electron chi connectivity index (χ3n) is 2.66. The minimum atomic E-state index is -0.606. The highest BCUT2D eigenvalue weighted by atomic mass is 16.7. The van der Waals surface area contributed by atoms with Gasteiger partial charge in [0.25, 0.3) is 5.56 Å². The molecule has 0 unspecified atom stereocenters. The molecule has 1 aromatic heterocycles. The second kappa shape index (κ2) is 4.12. The Morgan fingerprint density at radius 3 is 2.82 bits per heavy atom. The fraction of sp³-hybridized carbons (Fsp3) is 0.636. The summed E-state index contributed by atoms with van der Waals surface area (Å²) in [7, 11) is 0. The van der Waals surface area contributed by atoms with Crippen LogP contribution in [0.1, 0.15) is 19.4 Å². The molecule has 2 heterocycles. The lowest BCUT2D eigenvalue weighted by Crippen LogP contribution is -2.35. The van der Waals surface area contributed by atoms with Crippen molar-refractivity contribution >= 4 is 0 Å². The Bertz CT molecular complexity index is 529. The highest BCUT2D eigenvalue weighted by Crippen LogP contribution is 2.22. The minimum Gasteiger partial charge on any atom is -0.348 e. The van der Waals surface area contributed by atoms with Crippen LogP contribution in [0.15, 0.2) is 15.8 Å². The van der Waals surface area contributed by atoms with Crippen molar-refractivity contribution in [2.45, 2.75) is 39.2 Å². The minimum absolute atomic E-state index is 0.173. The van der Waals surface area contributed by atoms with Gasteiger partial charge in [0, 0.05) is 11.8 Å². The van der Waals surface area contributed by atoms with Crippen LogP contribution in [0.5, 0.6) is 0 Å². The smallest absolute Gasteiger partial charge is 0.328 e. The van der Waals surface area contributed by atoms with Gasteiger partial charge in [-0.1, -0.05) is 0 Å². The molecule has 1 saturated heterocycles. The normalized spacial score (nSPS) is 22.9. The predicted molar refractivity (Wildman–Crippen MR) is 61.0 cm³/mol. The molecule has 2 rings (SSSR count). The molecular formula is C11H16N2O4. The maximum atomic E-state index is 11.6. The molecule has 0 spiro atoms. The maximum Gasteiger partial charge on any atom is 0.328 e. The van der Waals surface area contributed by atoms with Gasteiger partial charge in [0.2, 0.25) is 0 Å². The zero-order valence-corrected chi connectivity index (χ0v) is 10.1. The summed E-state index contributed by atoms with van der Waals surface area (Å²) < 4.78 is 12.4. The quantitative estimate of drug-likeness (QED) is 0.789. The Morgan fingerprint density at radius 1 is 1.53 bits per heavy atom. The van der Waals surface area contributed by atoms with Crippen LogP contribution in [0.4, 0.5) is 0 Å². The summed E-state index contributed by atoms with van der Waals surface area (Å²) in [4.78, 5) is 25.0. The lowest BCUT2D eigenvalue weighted by molar-refractivity contribution is -0.139. The van der Waals surface area contributed by atoms with Crippen molar-refractivity contribution in [3.8, 4) is 0 Å². The van der Waals surface area contributed by atoms with E-state index in [9.17, 15) is 9.59 Å². The lowest BCUT2D eigenvalue weighted by Gasteiger charge is -2.17. The molecule has 0 aromatic carbocycles. The molecule has 6 nitrogen and oxygen atoms in total. The van der Waals surface area contributed by atoms with Crippen LogP contribution in [0.3, 0.4) is 0 Å². The molecule has 0 saturated carbocycles. The number of hydrogen-bond acceptors (Lipinski definition) is 4. The first-order valence-electron chi connectivity index (χ1n) is 5.49. The predicted octanol–water partition coefficient (Wildman–Crippen LogP) is -0.00348. The molecule has 1 aliphatic heterocycles. The summed E-state index contributed by atoms with van der Waals surface area (Å²) in [6, 6.07) is 0. The first kappa shape index (κ1) is 12.1. The van der Waals surface area contributed by atoms with Gasteiger partial charge in [-0.05, 0) is 20.8 Å². The van der Waals surface area contributed by atoms with Gasteiger partial charge in [-0.25, -0.2) is 4.79 Å². The molecule has 94 valence electrons. The van der Waals surface area contributed by atoms with E-state index in [1.54, 1.807) is 6.92 Å². The average Bonchev–Trinajstić information content (AvgIpc) is 2.54. The third kappa shape index (κ3) is 2.65. The van der Waals surface area contributed by atoms with Crippen molar-refractivity contribution in [1.82, 2.24) is 9.55 Å². The fourth-order valence-corrected chi connectivity index (χ4v) is 1.83. The van der Waals surface area contributed by atoms with E-state index in [-0.39, 0.29) is 11.7 Å². The van der Waals surface area contributed by atoms with Crippen LogP contribution in [-0.2, 0) is 16.0 Å². The number of ether oxygens (including phenoxy) is 2. The van der Waals surface area contributed by atoms with Crippen molar-refractivity contribution in [3.05, 3.63) is 32.6 Å². The number of aryl methyl sites for hydroxylation is 1. The average molecular weight is 240 g/mol. The molecule has 0 bridgehead atoms. The summed E-state index contributed by atoms with van der Waals surface area (Å²) in [5, 5.41) is 0. The Hall–Kier alpha value is -1.40. The Kier molecular flexibility index (Phi) is 2.92. The zero-order valence-electron chi connectivity index (χ0n) is 10.1. The number of H-pyrrole nitrogens is 1. The van der Waals surface area contributed by atoms with Crippen molar-refractivity contribution in [1.29, 1.82) is 0 Å². The summed E-state index contributed by atoms with van der Waals surface area (Å²) in [6.45, 7) is 6.13. The summed E-state index contributed by atoms with van der Waals surface area (Å²) in [6.07, 6.45) is 1.36. The molecule has 0 aliphatic carbocycles. The monoisotopic (exact) mass is 240 g/mol. The lowest BCUT2D eigenvalue weighted by atomic mass is 10.3. The highest BCUT2D eigenvalue weighted by Gasteiger charge is 2.32. The topological polar surface area (TPSA) is 73.3 Å². The van der Waals surface area contributed by atoms with E-state index in [1.807, 2.05) is 13.8 Å². The van der Waals surface area contributed by atoms with Crippen molar-refractivity contribution < 1.29 is 9.47 Å². The SMILES string of the molecule is Cc1cn(C[C@@H]2COC(C)(C)O2)c(=O)[nH]c1=O. The molecule has 1 aliphatic rings. The Morgan fingerprint density at radius 2 is 2.24 bits per heavy atom. The van der Waals surface area contributed by atoms with Gasteiger partial charge < -0.3 is 9.47 Å². The van der Waals surface area contributed by atoms with E-state index < -0.39 is 11.5 Å². The largest absolute Gasteiger partial charge is 0.348 e. The number of aromatic nitrogens is 2. The van der Waals surface area contributed by atoms with Crippen LogP contribution in [-0.4, -0.2) is 28.0 Å². The molecule has 17 heavy (non-hydrogen) atoms. The van der Waals surface area contributed by atoms with Crippen molar-refractivity contribution in [3.63, 3.8) is 0 Å². The highest BCUT2D eigenvalue weighted by molar-refractivity contribution is 5.00. The van der Waals surface area contributed by atoms with Crippen molar-refractivity contribution in [2.75, 3.05) is 6.61 Å². The molecule has 0 amide bonds. The fourth-order valence-electron chi connectivity index (χ4n) is 1.83. The standard InChI is InChI=1S/C11H16N2O4/c1-7-4-13(10(15)12-9(7)14)5-8-6-16-11(2,3)17-8/h4,8H,5-6H2,1-3H3,(H,12,14,15)/t8-/m1/s1. The van der Waals surface area contributed by atoms with E-state index in [2.05, 4.69) is 4.98 Å². The Labute approximate surface area is 98.2 Å². The van der Waals surface area contributed by atoms with Gasteiger partial charge in [-0.15, -0.1) is 0 Å². The van der Waals surface area contributed by atoms with E-state index in [4.69, 9.17) is 9.47 Å². The number of hydrogen-bond donors (Lipinski definition) is 1. The summed E-state index contributed by atoms with van der Waals surface area (Å²) in [5.74, 6) is -0.606. The summed E-state index contributed by atoms with van der Waals surface area (Å²) in [5.41, 5.74) is -0.271. The van der Waals surface area contributed by atoms with Gasteiger partial charge in [-0.3, -0.25) is 14.3 Å². The van der Waals surface area contributed by atoms with Crippen molar-refractivity contribution in [2.24, 2.45) is 0 Å². The van der Waals surface area contributed by atoms with Crippen LogP contribution in [0.2, 0.25) is 0 Å². The van der Waals surface area contributed by atoms with Crippen LogP contribution in [0.25, 0.3) is 0 Å². The molecular weight excluding hydrogens is 224 g/mol. The molecule has 1 aromatic rings. The van der Waals surface area contributed by atoms with Crippen LogP contribution < -0.4 is 11.2 Å². The van der Waals surface area contributed by atoms with Gasteiger partial charge in [0.15, 0.2) is 5.79 Å². The van der Waals surface area contributed by atoms with E-state index >= 15 is 0 Å². The second-order valence-corrected chi connectivity index (χ2v) is 4.67. The maximum absolute atomic E-state index is 11.6. The molecule has 6 heteroatoms. The third-order valence-corrected chi connectivity index (χ3v) is 2.66. The number of aromatic amines is 1. The molecule has 0 radical (unpaired) electrons. The summed E-state index contributed by atoms with van der Waals surface area (Å²) >= 11 is 0. The second-order valence-electron chi connectivity index (χ2n) is 4.67. The van der Waals surface area contributed by atoms with Gasteiger partial charge >= 0.3 is 5.69 Å². The Balaban J connectivity index is 2.18. The van der Waals surface area contributed by atoms with Crippen LogP contribution >= 0.6 is 0 Å². The van der Waals surface area contributed by atoms with E-state index in [1.165, 1.54) is 10.8 Å². The molecule has 1 N–H and O–H groups in total.